The Bertz CT molecular complexity index is 696. The number of nitrogens with one attached hydrogen (secondary N) is 1. The van der Waals surface area contributed by atoms with E-state index in [0.717, 1.165) is 12.0 Å². The largest absolute Gasteiger partial charge is 0.454 e. The number of hydrogen-bond acceptors (Lipinski definition) is 5. The van der Waals surface area contributed by atoms with E-state index < -0.39 is 16.9 Å². The van der Waals surface area contributed by atoms with Gasteiger partial charge in [0.15, 0.2) is 6.61 Å². The molecule has 2 fully saturated rings. The first kappa shape index (κ1) is 18.8. The van der Waals surface area contributed by atoms with Crippen molar-refractivity contribution in [3.05, 3.63) is 35.9 Å². The summed E-state index contributed by atoms with van der Waals surface area (Å²) in [6.45, 7) is 3.55. The van der Waals surface area contributed by atoms with Crippen LogP contribution in [0.1, 0.15) is 38.7 Å². The lowest BCUT2D eigenvalue weighted by Crippen LogP contribution is -2.47. The highest BCUT2D eigenvalue weighted by atomic mass is 32.2. The summed E-state index contributed by atoms with van der Waals surface area (Å²) in [5, 5.41) is 2.76. The second kappa shape index (κ2) is 7.70. The van der Waals surface area contributed by atoms with Crippen LogP contribution in [0.5, 0.6) is 0 Å². The molecule has 2 amide bonds. The van der Waals surface area contributed by atoms with Crippen LogP contribution in [-0.4, -0.2) is 47.1 Å². The summed E-state index contributed by atoms with van der Waals surface area (Å²) in [6, 6.07) is 9.19. The summed E-state index contributed by atoms with van der Waals surface area (Å²) in [4.78, 5) is 38.1. The van der Waals surface area contributed by atoms with E-state index in [4.69, 9.17) is 4.74 Å². The van der Waals surface area contributed by atoms with E-state index in [-0.39, 0.29) is 24.5 Å². The van der Waals surface area contributed by atoms with Crippen LogP contribution < -0.4 is 5.32 Å². The van der Waals surface area contributed by atoms with Crippen LogP contribution in [0.3, 0.4) is 0 Å². The molecular formula is C19H24N2O4S. The van der Waals surface area contributed by atoms with Crippen LogP contribution in [0.25, 0.3) is 0 Å². The normalized spacial score (nSPS) is 25.7. The predicted octanol–water partition coefficient (Wildman–Crippen LogP) is 2.04. The minimum Gasteiger partial charge on any atom is -0.454 e. The first-order chi connectivity index (χ1) is 12.5. The molecule has 0 radical (unpaired) electrons. The zero-order valence-electron chi connectivity index (χ0n) is 15.1. The third-order valence-corrected chi connectivity index (χ3v) is 6.59. The number of thioether (sulfide) groups is 1. The van der Waals surface area contributed by atoms with Gasteiger partial charge in [-0.2, -0.15) is 0 Å². The number of esters is 1. The number of carbonyl (C=O) groups excluding carboxylic acids is 3. The minimum atomic E-state index is -0.647. The van der Waals surface area contributed by atoms with E-state index in [1.165, 1.54) is 0 Å². The molecule has 0 saturated carbocycles. The zero-order valence-corrected chi connectivity index (χ0v) is 15.9. The van der Waals surface area contributed by atoms with E-state index in [1.807, 2.05) is 44.2 Å². The molecule has 3 rings (SSSR count). The van der Waals surface area contributed by atoms with Gasteiger partial charge in [0.05, 0.1) is 0 Å². The van der Waals surface area contributed by atoms with E-state index in [2.05, 4.69) is 5.32 Å². The molecule has 6 nitrogen and oxygen atoms in total. The van der Waals surface area contributed by atoms with Gasteiger partial charge in [0.25, 0.3) is 5.91 Å². The fourth-order valence-electron chi connectivity index (χ4n) is 3.47. The first-order valence-corrected chi connectivity index (χ1v) is 9.94. The smallest absolute Gasteiger partial charge is 0.330 e. The summed E-state index contributed by atoms with van der Waals surface area (Å²) in [5.41, 5.74) is 1.03. The second-order valence-corrected chi connectivity index (χ2v) is 8.02. The fraction of sp³-hybridized carbons (Fsp3) is 0.526. The highest BCUT2D eigenvalue weighted by Crippen LogP contribution is 2.54. The summed E-state index contributed by atoms with van der Waals surface area (Å²) < 4.78 is 5.21. The Morgan fingerprint density at radius 1 is 1.38 bits per heavy atom. The molecule has 2 heterocycles. The number of hydrogen-bond donors (Lipinski definition) is 1. The van der Waals surface area contributed by atoms with Gasteiger partial charge in [0.1, 0.15) is 10.9 Å². The van der Waals surface area contributed by atoms with Gasteiger partial charge in [0, 0.05) is 18.2 Å². The van der Waals surface area contributed by atoms with Crippen molar-refractivity contribution in [2.24, 2.45) is 0 Å². The van der Waals surface area contributed by atoms with Crippen LogP contribution in [-0.2, 0) is 24.0 Å². The van der Waals surface area contributed by atoms with Crippen LogP contribution >= 0.6 is 11.8 Å². The van der Waals surface area contributed by atoms with Crippen molar-refractivity contribution in [1.29, 1.82) is 0 Å². The number of rotatable bonds is 6. The Morgan fingerprint density at radius 3 is 2.81 bits per heavy atom. The molecule has 2 aliphatic heterocycles. The molecule has 0 unspecified atom stereocenters. The lowest BCUT2D eigenvalue weighted by molar-refractivity contribution is -0.156. The Balaban J connectivity index is 1.69. The topological polar surface area (TPSA) is 75.7 Å². The molecule has 7 heteroatoms. The molecular weight excluding hydrogens is 352 g/mol. The highest BCUT2D eigenvalue weighted by Gasteiger charge is 2.57. The van der Waals surface area contributed by atoms with Gasteiger partial charge in [-0.05, 0) is 25.3 Å². The lowest BCUT2D eigenvalue weighted by Gasteiger charge is -2.33. The minimum absolute atomic E-state index is 0.0362. The van der Waals surface area contributed by atoms with Crippen LogP contribution in [0, 0.1) is 0 Å². The summed E-state index contributed by atoms with van der Waals surface area (Å²) in [7, 11) is 0. The second-order valence-electron chi connectivity index (χ2n) is 6.73. The Kier molecular flexibility index (Phi) is 5.55. The summed E-state index contributed by atoms with van der Waals surface area (Å²) >= 11 is 1.61. The van der Waals surface area contributed by atoms with Gasteiger partial charge in [0.2, 0.25) is 5.91 Å². The molecule has 3 atom stereocenters. The van der Waals surface area contributed by atoms with Gasteiger partial charge in [-0.15, -0.1) is 11.8 Å². The highest BCUT2D eigenvalue weighted by molar-refractivity contribution is 8.00. The molecule has 26 heavy (non-hydrogen) atoms. The predicted molar refractivity (Wildman–Crippen MR) is 99.3 cm³/mol. The van der Waals surface area contributed by atoms with Crippen LogP contribution in [0.2, 0.25) is 0 Å². The van der Waals surface area contributed by atoms with Crippen molar-refractivity contribution >= 4 is 29.5 Å². The number of nitrogens with zero attached hydrogens (tertiary/aromatic N) is 1. The van der Waals surface area contributed by atoms with Crippen LogP contribution in [0.15, 0.2) is 30.3 Å². The molecule has 2 aliphatic rings. The lowest BCUT2D eigenvalue weighted by atomic mass is 10.0. The van der Waals surface area contributed by atoms with Crippen molar-refractivity contribution in [2.75, 3.05) is 12.4 Å². The number of carbonyl (C=O) groups is 3. The fourth-order valence-corrected chi connectivity index (χ4v) is 5.10. The molecule has 0 aliphatic carbocycles. The van der Waals surface area contributed by atoms with E-state index in [0.29, 0.717) is 18.6 Å². The average molecular weight is 376 g/mol. The number of ether oxygens (including phenoxy) is 1. The van der Waals surface area contributed by atoms with E-state index >= 15 is 0 Å². The van der Waals surface area contributed by atoms with Gasteiger partial charge >= 0.3 is 5.97 Å². The third kappa shape index (κ3) is 3.45. The molecule has 2 saturated heterocycles. The zero-order chi connectivity index (χ0) is 18.7. The maximum absolute atomic E-state index is 12.6. The van der Waals surface area contributed by atoms with Gasteiger partial charge in [-0.1, -0.05) is 37.3 Å². The summed E-state index contributed by atoms with van der Waals surface area (Å²) in [5.74, 6) is -0.387. The molecule has 1 aromatic carbocycles. The molecule has 0 bridgehead atoms. The van der Waals surface area contributed by atoms with Gasteiger partial charge in [-0.25, -0.2) is 4.79 Å². The SMILES string of the molecule is CC[C@H](C)NC(=O)COC(=O)[C@H]1CS[C@@]2(c3ccccc3)CCC(=O)N12. The Hall–Kier alpha value is -2.02. The van der Waals surface area contributed by atoms with Gasteiger partial charge in [-0.3, -0.25) is 9.59 Å². The summed E-state index contributed by atoms with van der Waals surface area (Å²) in [6.07, 6.45) is 1.90. The van der Waals surface area contributed by atoms with Crippen molar-refractivity contribution in [1.82, 2.24) is 10.2 Å². The number of amides is 2. The van der Waals surface area contributed by atoms with E-state index in [1.54, 1.807) is 16.7 Å². The first-order valence-electron chi connectivity index (χ1n) is 8.95. The maximum atomic E-state index is 12.6. The molecule has 1 N–H and O–H groups in total. The molecule has 1 aromatic rings. The van der Waals surface area contributed by atoms with Crippen molar-refractivity contribution < 1.29 is 19.1 Å². The van der Waals surface area contributed by atoms with Crippen LogP contribution in [0.4, 0.5) is 0 Å². The molecule has 0 aromatic heterocycles. The van der Waals surface area contributed by atoms with Crippen molar-refractivity contribution in [2.45, 2.75) is 50.1 Å². The number of benzene rings is 1. The average Bonchev–Trinajstić information content (AvgIpc) is 3.20. The number of fused-ring (bicyclic) bond motifs is 1. The maximum Gasteiger partial charge on any atom is 0.330 e. The molecule has 0 spiro atoms. The monoisotopic (exact) mass is 376 g/mol. The van der Waals surface area contributed by atoms with E-state index in [9.17, 15) is 14.4 Å². The van der Waals surface area contributed by atoms with Crippen molar-refractivity contribution in [3.63, 3.8) is 0 Å². The van der Waals surface area contributed by atoms with Crippen molar-refractivity contribution in [3.8, 4) is 0 Å². The van der Waals surface area contributed by atoms with Gasteiger partial charge < -0.3 is 15.0 Å². The Labute approximate surface area is 157 Å². The third-order valence-electron chi connectivity index (χ3n) is 4.99. The standard InChI is InChI=1S/C19H24N2O4S/c1-3-13(2)20-16(22)11-25-18(24)15-12-26-19(10-9-17(23)21(15)19)14-7-5-4-6-8-14/h4-8,13,15H,3,9-12H2,1-2H3,(H,20,22)/t13-,15+,19+/m0/s1. The Morgan fingerprint density at radius 2 is 2.12 bits per heavy atom. The quantitative estimate of drug-likeness (QED) is 0.769. The molecule has 140 valence electrons.